The van der Waals surface area contributed by atoms with Crippen molar-refractivity contribution in [2.45, 2.75) is 19.9 Å². The first kappa shape index (κ1) is 14.1. The average molecular weight is 261 g/mol. The largest absolute Gasteiger partial charge is 0.397 e. The van der Waals surface area contributed by atoms with E-state index < -0.39 is 5.82 Å². The molecule has 1 atom stereocenters. The Labute approximate surface area is 106 Å². The minimum absolute atomic E-state index is 0.0808. The minimum Gasteiger partial charge on any atom is -0.397 e. The van der Waals surface area contributed by atoms with Crippen LogP contribution in [0.25, 0.3) is 0 Å². The molecule has 1 unspecified atom stereocenters. The maximum absolute atomic E-state index is 13.2. The molecular weight excluding hydrogens is 243 g/mol. The number of hydrogen-bond donors (Lipinski definition) is 1. The summed E-state index contributed by atoms with van der Waals surface area (Å²) in [4.78, 5) is 2.03. The fourth-order valence-electron chi connectivity index (χ4n) is 1.85. The molecule has 0 amide bonds. The smallest absolute Gasteiger partial charge is 0.143 e. The number of methoxy groups -OCH3 is 1. The van der Waals surface area contributed by atoms with Gasteiger partial charge in [-0.1, -0.05) is 11.6 Å². The summed E-state index contributed by atoms with van der Waals surface area (Å²) in [6.07, 6.45) is 0. The second-order valence-corrected chi connectivity index (χ2v) is 4.32. The number of ether oxygens (including phenoxy) is 1. The number of nitrogens with two attached hydrogens (primary N) is 1. The maximum Gasteiger partial charge on any atom is 0.143 e. The highest BCUT2D eigenvalue weighted by Crippen LogP contribution is 2.30. The molecule has 0 saturated carbocycles. The summed E-state index contributed by atoms with van der Waals surface area (Å²) in [5.41, 5.74) is 6.94. The summed E-state index contributed by atoms with van der Waals surface area (Å²) in [7, 11) is 1.64. The molecule has 1 aromatic carbocycles. The quantitative estimate of drug-likeness (QED) is 0.828. The Bertz CT molecular complexity index is 387. The van der Waals surface area contributed by atoms with Crippen molar-refractivity contribution in [2.24, 2.45) is 0 Å². The van der Waals surface area contributed by atoms with Crippen LogP contribution < -0.4 is 10.6 Å². The number of nitrogens with zero attached hydrogens (tertiary/aromatic N) is 1. The van der Waals surface area contributed by atoms with Crippen LogP contribution in [0.3, 0.4) is 0 Å². The van der Waals surface area contributed by atoms with Crippen molar-refractivity contribution in [3.05, 3.63) is 23.0 Å². The van der Waals surface area contributed by atoms with Gasteiger partial charge in [0.1, 0.15) is 5.82 Å². The van der Waals surface area contributed by atoms with Crippen LogP contribution in [0.4, 0.5) is 15.8 Å². The van der Waals surface area contributed by atoms with E-state index in [4.69, 9.17) is 22.1 Å². The molecule has 0 aromatic heterocycles. The summed E-state index contributed by atoms with van der Waals surface area (Å²) >= 11 is 5.78. The van der Waals surface area contributed by atoms with Crippen molar-refractivity contribution < 1.29 is 9.13 Å². The third-order valence-electron chi connectivity index (χ3n) is 2.66. The van der Waals surface area contributed by atoms with E-state index in [0.29, 0.717) is 12.3 Å². The van der Waals surface area contributed by atoms with Gasteiger partial charge in [-0.2, -0.15) is 0 Å². The van der Waals surface area contributed by atoms with Gasteiger partial charge in [-0.3, -0.25) is 0 Å². The van der Waals surface area contributed by atoms with Crippen LogP contribution in [0.2, 0.25) is 5.02 Å². The van der Waals surface area contributed by atoms with Crippen molar-refractivity contribution in [3.63, 3.8) is 0 Å². The first-order valence-corrected chi connectivity index (χ1v) is 5.89. The normalized spacial score (nSPS) is 12.5. The number of halogens is 2. The Kier molecular flexibility index (Phi) is 5.02. The number of hydrogen-bond acceptors (Lipinski definition) is 3. The molecule has 3 nitrogen and oxygen atoms in total. The monoisotopic (exact) mass is 260 g/mol. The van der Waals surface area contributed by atoms with E-state index >= 15 is 0 Å². The van der Waals surface area contributed by atoms with Crippen LogP contribution in [0.1, 0.15) is 13.8 Å². The summed E-state index contributed by atoms with van der Waals surface area (Å²) < 4.78 is 18.3. The van der Waals surface area contributed by atoms with Gasteiger partial charge in [0.2, 0.25) is 0 Å². The molecule has 0 radical (unpaired) electrons. The molecule has 0 aliphatic carbocycles. The molecule has 2 N–H and O–H groups in total. The highest BCUT2D eigenvalue weighted by molar-refractivity contribution is 6.31. The first-order valence-electron chi connectivity index (χ1n) is 5.51. The molecule has 1 aromatic rings. The third kappa shape index (κ3) is 3.23. The zero-order valence-corrected chi connectivity index (χ0v) is 11.1. The zero-order valence-electron chi connectivity index (χ0n) is 10.3. The standard InChI is InChI=1S/C12H18ClFN2O/c1-4-16(8(2)7-17-3)12-5-9(13)10(14)6-11(12)15/h5-6,8H,4,7,15H2,1-3H3. The lowest BCUT2D eigenvalue weighted by atomic mass is 10.2. The summed E-state index contributed by atoms with van der Waals surface area (Å²) in [6.45, 7) is 5.34. The molecule has 96 valence electrons. The second kappa shape index (κ2) is 6.07. The molecule has 0 fully saturated rings. The molecule has 0 heterocycles. The topological polar surface area (TPSA) is 38.5 Å². The predicted molar refractivity (Wildman–Crippen MR) is 70.2 cm³/mol. The SMILES string of the molecule is CCN(c1cc(Cl)c(F)cc1N)C(C)COC. The molecule has 0 bridgehead atoms. The Morgan fingerprint density at radius 2 is 2.18 bits per heavy atom. The molecule has 0 spiro atoms. The van der Waals surface area contributed by atoms with Crippen LogP contribution in [0.15, 0.2) is 12.1 Å². The average Bonchev–Trinajstić information content (AvgIpc) is 2.26. The zero-order chi connectivity index (χ0) is 13.0. The van der Waals surface area contributed by atoms with E-state index in [9.17, 15) is 4.39 Å². The van der Waals surface area contributed by atoms with Crippen molar-refractivity contribution in [3.8, 4) is 0 Å². The van der Waals surface area contributed by atoms with E-state index in [1.807, 2.05) is 18.7 Å². The number of benzene rings is 1. The highest BCUT2D eigenvalue weighted by atomic mass is 35.5. The van der Waals surface area contributed by atoms with Gasteiger partial charge in [0.05, 0.1) is 23.0 Å². The van der Waals surface area contributed by atoms with E-state index in [-0.39, 0.29) is 11.1 Å². The Balaban J connectivity index is 3.07. The van der Waals surface area contributed by atoms with Crippen molar-refractivity contribution in [2.75, 3.05) is 30.9 Å². The first-order chi connectivity index (χ1) is 8.01. The van der Waals surface area contributed by atoms with Gasteiger partial charge in [-0.25, -0.2) is 4.39 Å². The van der Waals surface area contributed by atoms with Crippen LogP contribution in [-0.4, -0.2) is 26.3 Å². The van der Waals surface area contributed by atoms with Crippen molar-refractivity contribution in [1.82, 2.24) is 0 Å². The Morgan fingerprint density at radius 1 is 1.53 bits per heavy atom. The van der Waals surface area contributed by atoms with Gasteiger partial charge in [-0.05, 0) is 19.9 Å². The maximum atomic E-state index is 13.2. The van der Waals surface area contributed by atoms with E-state index in [2.05, 4.69) is 0 Å². The summed E-state index contributed by atoms with van der Waals surface area (Å²) in [5, 5.41) is 0.0808. The van der Waals surface area contributed by atoms with Crippen molar-refractivity contribution in [1.29, 1.82) is 0 Å². The fraction of sp³-hybridized carbons (Fsp3) is 0.500. The highest BCUT2D eigenvalue weighted by Gasteiger charge is 2.17. The van der Waals surface area contributed by atoms with E-state index in [1.165, 1.54) is 6.07 Å². The lowest BCUT2D eigenvalue weighted by Gasteiger charge is -2.31. The van der Waals surface area contributed by atoms with Gasteiger partial charge >= 0.3 is 0 Å². The molecule has 0 aliphatic heterocycles. The Morgan fingerprint density at radius 3 is 2.71 bits per heavy atom. The Hall–Kier alpha value is -1.00. The fourth-order valence-corrected chi connectivity index (χ4v) is 2.01. The van der Waals surface area contributed by atoms with Crippen LogP contribution in [0, 0.1) is 5.82 Å². The van der Waals surface area contributed by atoms with Gasteiger partial charge in [0.25, 0.3) is 0 Å². The second-order valence-electron chi connectivity index (χ2n) is 3.92. The lowest BCUT2D eigenvalue weighted by Crippen LogP contribution is -2.36. The van der Waals surface area contributed by atoms with Crippen LogP contribution in [-0.2, 0) is 4.74 Å². The van der Waals surface area contributed by atoms with Crippen LogP contribution in [0.5, 0.6) is 0 Å². The molecule has 0 saturated heterocycles. The van der Waals surface area contributed by atoms with E-state index in [1.54, 1.807) is 13.2 Å². The molecular formula is C12H18ClFN2O. The van der Waals surface area contributed by atoms with E-state index in [0.717, 1.165) is 12.2 Å². The summed E-state index contributed by atoms with van der Waals surface area (Å²) in [5.74, 6) is -0.497. The minimum atomic E-state index is -0.497. The molecule has 1 rings (SSSR count). The summed E-state index contributed by atoms with van der Waals surface area (Å²) in [6, 6.07) is 2.95. The number of rotatable bonds is 5. The molecule has 5 heteroatoms. The molecule has 17 heavy (non-hydrogen) atoms. The number of nitrogen functional groups attached to an aromatic ring is 1. The molecule has 0 aliphatic rings. The van der Waals surface area contributed by atoms with Crippen LogP contribution >= 0.6 is 11.6 Å². The number of likely N-dealkylation sites (N-methyl/N-ethyl adjacent to an activating group) is 1. The van der Waals surface area contributed by atoms with Gasteiger partial charge in [-0.15, -0.1) is 0 Å². The predicted octanol–water partition coefficient (Wildman–Crippen LogP) is 2.92. The van der Waals surface area contributed by atoms with Crippen molar-refractivity contribution >= 4 is 23.0 Å². The van der Waals surface area contributed by atoms with Gasteiger partial charge in [0.15, 0.2) is 0 Å². The third-order valence-corrected chi connectivity index (χ3v) is 2.95. The van der Waals surface area contributed by atoms with Gasteiger partial charge in [0, 0.05) is 25.8 Å². The lowest BCUT2D eigenvalue weighted by molar-refractivity contribution is 0.182. The number of anilines is 2. The van der Waals surface area contributed by atoms with Gasteiger partial charge < -0.3 is 15.4 Å².